The molecule has 0 amide bonds. The average molecular weight is 256 g/mol. The third kappa shape index (κ3) is 1.99. The van der Waals surface area contributed by atoms with Gasteiger partial charge in [0.1, 0.15) is 12.4 Å². The Morgan fingerprint density at radius 3 is 3.05 bits per heavy atom. The molecule has 0 saturated carbocycles. The van der Waals surface area contributed by atoms with Crippen molar-refractivity contribution < 1.29 is 14.6 Å². The maximum Gasteiger partial charge on any atom is 0.336 e. The van der Waals surface area contributed by atoms with Gasteiger partial charge in [-0.05, 0) is 12.1 Å². The number of aromatic carboxylic acids is 1. The first-order valence-electron chi connectivity index (χ1n) is 5.95. The number of fused-ring (bicyclic) bond motifs is 1. The number of carboxylic acids is 1. The Morgan fingerprint density at radius 1 is 1.32 bits per heavy atom. The van der Waals surface area contributed by atoms with Gasteiger partial charge in [-0.3, -0.25) is 4.98 Å². The number of benzene rings is 1. The van der Waals surface area contributed by atoms with Gasteiger partial charge in [0.15, 0.2) is 0 Å². The zero-order chi connectivity index (χ0) is 13.2. The van der Waals surface area contributed by atoms with Crippen molar-refractivity contribution >= 4 is 11.7 Å². The highest BCUT2D eigenvalue weighted by Gasteiger charge is 2.19. The van der Waals surface area contributed by atoms with E-state index in [1.54, 1.807) is 6.20 Å². The van der Waals surface area contributed by atoms with Crippen LogP contribution in [-0.4, -0.2) is 29.2 Å². The number of para-hydroxylation sites is 1. The molecule has 2 N–H and O–H groups in total. The molecule has 5 nitrogen and oxygen atoms in total. The van der Waals surface area contributed by atoms with Gasteiger partial charge in [-0.2, -0.15) is 0 Å². The number of hydrogen-bond donors (Lipinski definition) is 2. The second-order valence-electron chi connectivity index (χ2n) is 4.18. The fraction of sp³-hybridized carbons (Fsp3) is 0.143. The summed E-state index contributed by atoms with van der Waals surface area (Å²) in [6.07, 6.45) is 3.03. The third-order valence-electron chi connectivity index (χ3n) is 3.02. The molecule has 0 saturated heterocycles. The third-order valence-corrected chi connectivity index (χ3v) is 3.02. The Hall–Kier alpha value is -2.56. The van der Waals surface area contributed by atoms with E-state index < -0.39 is 5.97 Å². The van der Waals surface area contributed by atoms with Gasteiger partial charge in [-0.25, -0.2) is 4.79 Å². The largest absolute Gasteiger partial charge is 0.489 e. The number of carbonyl (C=O) groups is 1. The molecule has 0 fully saturated rings. The fourth-order valence-corrected chi connectivity index (χ4v) is 2.18. The van der Waals surface area contributed by atoms with Crippen LogP contribution in [0.3, 0.4) is 0 Å². The fourth-order valence-electron chi connectivity index (χ4n) is 2.18. The van der Waals surface area contributed by atoms with Gasteiger partial charge >= 0.3 is 5.97 Å². The van der Waals surface area contributed by atoms with Gasteiger partial charge in [-0.15, -0.1) is 0 Å². The van der Waals surface area contributed by atoms with Crippen LogP contribution in [0.5, 0.6) is 5.75 Å². The minimum atomic E-state index is -0.973. The molecule has 96 valence electrons. The maximum absolute atomic E-state index is 11.3. The Balaban J connectivity index is 2.20. The predicted molar refractivity (Wildman–Crippen MR) is 70.6 cm³/mol. The van der Waals surface area contributed by atoms with E-state index in [0.717, 1.165) is 17.8 Å². The van der Waals surface area contributed by atoms with Crippen LogP contribution < -0.4 is 10.1 Å². The summed E-state index contributed by atoms with van der Waals surface area (Å²) in [6.45, 7) is 1.31. The molecule has 3 rings (SSSR count). The van der Waals surface area contributed by atoms with Crippen LogP contribution in [0.1, 0.15) is 10.4 Å². The number of aromatic nitrogens is 1. The van der Waals surface area contributed by atoms with E-state index in [1.165, 1.54) is 12.3 Å². The summed E-state index contributed by atoms with van der Waals surface area (Å²) in [7, 11) is 0. The highest BCUT2D eigenvalue weighted by Crippen LogP contribution is 2.39. The maximum atomic E-state index is 11.3. The molecule has 2 aromatic rings. The summed E-state index contributed by atoms with van der Waals surface area (Å²) in [5.74, 6) is -0.289. The van der Waals surface area contributed by atoms with Crippen molar-refractivity contribution in [2.75, 3.05) is 18.5 Å². The molecule has 1 aromatic heterocycles. The summed E-state index contributed by atoms with van der Waals surface area (Å²) >= 11 is 0. The van der Waals surface area contributed by atoms with E-state index in [0.29, 0.717) is 17.9 Å². The van der Waals surface area contributed by atoms with Gasteiger partial charge < -0.3 is 15.2 Å². The second-order valence-corrected chi connectivity index (χ2v) is 4.18. The normalized spacial score (nSPS) is 13.1. The lowest BCUT2D eigenvalue weighted by atomic mass is 10.00. The molecule has 0 radical (unpaired) electrons. The van der Waals surface area contributed by atoms with Gasteiger partial charge in [-0.1, -0.05) is 12.1 Å². The summed E-state index contributed by atoms with van der Waals surface area (Å²) < 4.78 is 5.66. The average Bonchev–Trinajstić information content (AvgIpc) is 2.46. The monoisotopic (exact) mass is 256 g/mol. The first kappa shape index (κ1) is 11.5. The van der Waals surface area contributed by atoms with Crippen molar-refractivity contribution in [2.45, 2.75) is 0 Å². The van der Waals surface area contributed by atoms with Crippen molar-refractivity contribution in [3.05, 3.63) is 42.2 Å². The van der Waals surface area contributed by atoms with Crippen LogP contribution in [0, 0.1) is 0 Å². The minimum Gasteiger partial charge on any atom is -0.489 e. The number of pyridine rings is 1. The molecule has 0 atom stereocenters. The Labute approximate surface area is 109 Å². The number of carboxylic acid groups (broad SMARTS) is 1. The standard InChI is InChI=1S/C14H12N2O3/c17-14(18)10-4-5-15-8-11(10)9-2-1-3-12-13(9)19-7-6-16-12/h1-5,8,16H,6-7H2,(H,17,18). The van der Waals surface area contributed by atoms with Crippen LogP contribution in [0.25, 0.3) is 11.1 Å². The Morgan fingerprint density at radius 2 is 2.21 bits per heavy atom. The first-order chi connectivity index (χ1) is 9.27. The SMILES string of the molecule is O=C(O)c1ccncc1-c1cccc2c1OCCN2. The summed E-state index contributed by atoms with van der Waals surface area (Å²) in [5, 5.41) is 12.5. The summed E-state index contributed by atoms with van der Waals surface area (Å²) in [5.41, 5.74) is 2.41. The van der Waals surface area contributed by atoms with Crippen LogP contribution in [-0.2, 0) is 0 Å². The lowest BCUT2D eigenvalue weighted by Gasteiger charge is -2.22. The topological polar surface area (TPSA) is 71.5 Å². The van der Waals surface area contributed by atoms with Crippen LogP contribution in [0.2, 0.25) is 0 Å². The Bertz CT molecular complexity index is 640. The predicted octanol–water partition coefficient (Wildman–Crippen LogP) is 2.25. The molecule has 0 aliphatic carbocycles. The van der Waals surface area contributed by atoms with Gasteiger partial charge in [0.05, 0.1) is 11.3 Å². The quantitative estimate of drug-likeness (QED) is 0.862. The zero-order valence-corrected chi connectivity index (χ0v) is 10.1. The minimum absolute atomic E-state index is 0.220. The zero-order valence-electron chi connectivity index (χ0n) is 10.1. The Kier molecular flexibility index (Phi) is 2.79. The van der Waals surface area contributed by atoms with E-state index in [2.05, 4.69) is 10.3 Å². The van der Waals surface area contributed by atoms with E-state index in [9.17, 15) is 9.90 Å². The van der Waals surface area contributed by atoms with E-state index in [-0.39, 0.29) is 5.56 Å². The molecule has 19 heavy (non-hydrogen) atoms. The van der Waals surface area contributed by atoms with E-state index in [4.69, 9.17) is 4.74 Å². The molecule has 1 aliphatic rings. The van der Waals surface area contributed by atoms with Crippen molar-refractivity contribution in [3.8, 4) is 16.9 Å². The summed E-state index contributed by atoms with van der Waals surface area (Å²) in [4.78, 5) is 15.3. The summed E-state index contributed by atoms with van der Waals surface area (Å²) in [6, 6.07) is 7.12. The second kappa shape index (κ2) is 4.61. The van der Waals surface area contributed by atoms with Gasteiger partial charge in [0, 0.05) is 30.1 Å². The van der Waals surface area contributed by atoms with Gasteiger partial charge in [0.25, 0.3) is 0 Å². The van der Waals surface area contributed by atoms with Crippen molar-refractivity contribution in [2.24, 2.45) is 0 Å². The lowest BCUT2D eigenvalue weighted by molar-refractivity contribution is 0.0697. The number of rotatable bonds is 2. The molecule has 1 aromatic carbocycles. The number of anilines is 1. The number of nitrogens with one attached hydrogen (secondary N) is 1. The van der Waals surface area contributed by atoms with Crippen LogP contribution in [0.15, 0.2) is 36.7 Å². The number of nitrogens with zero attached hydrogens (tertiary/aromatic N) is 1. The first-order valence-corrected chi connectivity index (χ1v) is 5.95. The smallest absolute Gasteiger partial charge is 0.336 e. The molecule has 2 heterocycles. The highest BCUT2D eigenvalue weighted by molar-refractivity contribution is 5.97. The van der Waals surface area contributed by atoms with Crippen LogP contribution in [0.4, 0.5) is 5.69 Å². The van der Waals surface area contributed by atoms with Crippen molar-refractivity contribution in [3.63, 3.8) is 0 Å². The lowest BCUT2D eigenvalue weighted by Crippen LogP contribution is -2.18. The van der Waals surface area contributed by atoms with Crippen molar-refractivity contribution in [1.82, 2.24) is 4.98 Å². The molecular weight excluding hydrogens is 244 g/mol. The van der Waals surface area contributed by atoms with Crippen LogP contribution >= 0.6 is 0 Å². The van der Waals surface area contributed by atoms with Gasteiger partial charge in [0.2, 0.25) is 0 Å². The molecule has 1 aliphatic heterocycles. The molecule has 0 bridgehead atoms. The van der Waals surface area contributed by atoms with E-state index in [1.807, 2.05) is 18.2 Å². The molecule has 0 unspecified atom stereocenters. The number of hydrogen-bond acceptors (Lipinski definition) is 4. The molecule has 0 spiro atoms. The number of ether oxygens (including phenoxy) is 1. The molecule has 5 heteroatoms. The highest BCUT2D eigenvalue weighted by atomic mass is 16.5. The van der Waals surface area contributed by atoms with Crippen molar-refractivity contribution in [1.29, 1.82) is 0 Å². The molecular formula is C14H12N2O3. The van der Waals surface area contributed by atoms with E-state index >= 15 is 0 Å².